The fraction of sp³-hybridized carbons (Fsp3) is 0.286. The number of piperazine rings is 1. The number of carbonyl (C=O) groups is 2. The van der Waals surface area contributed by atoms with Gasteiger partial charge in [0.25, 0.3) is 5.91 Å². The Morgan fingerprint density at radius 2 is 1.93 bits per heavy atom. The maximum Gasteiger partial charge on any atom is 0.254 e. The van der Waals surface area contributed by atoms with Gasteiger partial charge in [-0.3, -0.25) is 9.59 Å². The first kappa shape index (κ1) is 19.3. The molecule has 1 aliphatic heterocycles. The third-order valence-electron chi connectivity index (χ3n) is 4.95. The standard InChI is InChI=1S/C21H20FN3O3S/c1-14-4-5-15(11-17(14)22)21(27)25-8-6-24(7-9-25)19(26)12-16-13-29-20(23-16)18-3-2-10-28-18/h2-5,10-11,13H,6-9,12H2,1H3. The molecule has 0 spiro atoms. The van der Waals surface area contributed by atoms with Gasteiger partial charge in [-0.2, -0.15) is 0 Å². The third kappa shape index (κ3) is 4.22. The van der Waals surface area contributed by atoms with Crippen molar-refractivity contribution in [1.29, 1.82) is 0 Å². The molecule has 3 heterocycles. The molecule has 2 aromatic heterocycles. The molecule has 8 heteroatoms. The zero-order chi connectivity index (χ0) is 20.4. The largest absolute Gasteiger partial charge is 0.462 e. The van der Waals surface area contributed by atoms with Gasteiger partial charge in [-0.1, -0.05) is 6.07 Å². The van der Waals surface area contributed by atoms with Crippen LogP contribution in [0.5, 0.6) is 0 Å². The Bertz CT molecular complexity index is 1020. The van der Waals surface area contributed by atoms with Crippen LogP contribution >= 0.6 is 11.3 Å². The van der Waals surface area contributed by atoms with E-state index in [4.69, 9.17) is 4.42 Å². The number of hydrogen-bond acceptors (Lipinski definition) is 5. The molecule has 0 saturated carbocycles. The number of amides is 2. The highest BCUT2D eigenvalue weighted by molar-refractivity contribution is 7.13. The van der Waals surface area contributed by atoms with Crippen molar-refractivity contribution in [2.75, 3.05) is 26.2 Å². The van der Waals surface area contributed by atoms with Gasteiger partial charge in [-0.25, -0.2) is 9.37 Å². The van der Waals surface area contributed by atoms with E-state index in [0.717, 1.165) is 5.01 Å². The molecule has 29 heavy (non-hydrogen) atoms. The number of aromatic nitrogens is 1. The number of hydrogen-bond donors (Lipinski definition) is 0. The van der Waals surface area contributed by atoms with Crippen LogP contribution in [-0.2, 0) is 11.2 Å². The molecular formula is C21H20FN3O3S. The van der Waals surface area contributed by atoms with Crippen LogP contribution in [0.3, 0.4) is 0 Å². The topological polar surface area (TPSA) is 66.7 Å². The minimum Gasteiger partial charge on any atom is -0.462 e. The third-order valence-corrected chi connectivity index (χ3v) is 5.86. The molecule has 0 aliphatic carbocycles. The van der Waals surface area contributed by atoms with Gasteiger partial charge in [0.1, 0.15) is 5.82 Å². The lowest BCUT2D eigenvalue weighted by Gasteiger charge is -2.34. The number of halogens is 1. The van der Waals surface area contributed by atoms with Crippen molar-refractivity contribution in [3.05, 3.63) is 64.6 Å². The predicted molar refractivity (Wildman–Crippen MR) is 107 cm³/mol. The van der Waals surface area contributed by atoms with E-state index in [0.29, 0.717) is 48.8 Å². The highest BCUT2D eigenvalue weighted by Crippen LogP contribution is 2.24. The Labute approximate surface area is 171 Å². The second-order valence-corrected chi connectivity index (χ2v) is 7.79. The number of rotatable bonds is 4. The zero-order valence-electron chi connectivity index (χ0n) is 15.9. The normalized spacial score (nSPS) is 14.3. The van der Waals surface area contributed by atoms with Crippen LogP contribution in [-0.4, -0.2) is 52.8 Å². The number of benzene rings is 1. The van der Waals surface area contributed by atoms with Gasteiger partial charge in [-0.05, 0) is 36.8 Å². The highest BCUT2D eigenvalue weighted by Gasteiger charge is 2.25. The minimum atomic E-state index is -0.387. The summed E-state index contributed by atoms with van der Waals surface area (Å²) in [6.07, 6.45) is 1.81. The lowest BCUT2D eigenvalue weighted by atomic mass is 10.1. The van der Waals surface area contributed by atoms with Crippen LogP contribution < -0.4 is 0 Å². The number of furan rings is 1. The molecule has 0 radical (unpaired) electrons. The van der Waals surface area contributed by atoms with Gasteiger partial charge in [0.15, 0.2) is 10.8 Å². The van der Waals surface area contributed by atoms with Crippen molar-refractivity contribution in [1.82, 2.24) is 14.8 Å². The highest BCUT2D eigenvalue weighted by atomic mass is 32.1. The molecule has 0 bridgehead atoms. The smallest absolute Gasteiger partial charge is 0.254 e. The van der Waals surface area contributed by atoms with Gasteiger partial charge in [0.05, 0.1) is 18.4 Å². The number of aryl methyl sites for hydroxylation is 1. The molecule has 0 unspecified atom stereocenters. The van der Waals surface area contributed by atoms with Crippen LogP contribution in [0.25, 0.3) is 10.8 Å². The molecule has 1 aliphatic rings. The summed E-state index contributed by atoms with van der Waals surface area (Å²) in [5.41, 5.74) is 1.55. The lowest BCUT2D eigenvalue weighted by Crippen LogP contribution is -2.51. The van der Waals surface area contributed by atoms with Crippen LogP contribution in [0.1, 0.15) is 21.6 Å². The Morgan fingerprint density at radius 3 is 2.62 bits per heavy atom. The Kier molecular flexibility index (Phi) is 5.44. The van der Waals surface area contributed by atoms with Gasteiger partial charge < -0.3 is 14.2 Å². The van der Waals surface area contributed by atoms with Crippen LogP contribution in [0.2, 0.25) is 0 Å². The maximum atomic E-state index is 13.7. The molecule has 150 valence electrons. The zero-order valence-corrected chi connectivity index (χ0v) is 16.7. The van der Waals surface area contributed by atoms with Gasteiger partial charge in [0, 0.05) is 37.1 Å². The number of carbonyl (C=O) groups excluding carboxylic acids is 2. The first-order valence-electron chi connectivity index (χ1n) is 9.33. The average Bonchev–Trinajstić information content (AvgIpc) is 3.41. The Hall–Kier alpha value is -3.00. The maximum absolute atomic E-state index is 13.7. The molecule has 6 nitrogen and oxygen atoms in total. The van der Waals surface area contributed by atoms with E-state index in [1.54, 1.807) is 41.2 Å². The predicted octanol–water partition coefficient (Wildman–Crippen LogP) is 3.38. The van der Waals surface area contributed by atoms with E-state index in [9.17, 15) is 14.0 Å². The quantitative estimate of drug-likeness (QED) is 0.658. The van der Waals surface area contributed by atoms with E-state index >= 15 is 0 Å². The van der Waals surface area contributed by atoms with E-state index in [1.165, 1.54) is 17.4 Å². The second-order valence-electron chi connectivity index (χ2n) is 6.94. The molecule has 0 N–H and O–H groups in total. The second kappa shape index (κ2) is 8.16. The summed E-state index contributed by atoms with van der Waals surface area (Å²) in [5.74, 6) is 0.0728. The summed E-state index contributed by atoms with van der Waals surface area (Å²) in [6.45, 7) is 3.42. The number of thiazole rings is 1. The van der Waals surface area contributed by atoms with E-state index < -0.39 is 0 Å². The van der Waals surface area contributed by atoms with Crippen LogP contribution in [0, 0.1) is 12.7 Å². The van der Waals surface area contributed by atoms with Crippen molar-refractivity contribution < 1.29 is 18.4 Å². The monoisotopic (exact) mass is 413 g/mol. The van der Waals surface area contributed by atoms with Crippen molar-refractivity contribution in [3.8, 4) is 10.8 Å². The fourth-order valence-corrected chi connectivity index (χ4v) is 4.02. The van der Waals surface area contributed by atoms with Crippen LogP contribution in [0.15, 0.2) is 46.4 Å². The molecule has 3 aromatic rings. The van der Waals surface area contributed by atoms with Crippen molar-refractivity contribution in [2.45, 2.75) is 13.3 Å². The van der Waals surface area contributed by atoms with E-state index in [2.05, 4.69) is 4.98 Å². The number of nitrogens with zero attached hydrogens (tertiary/aromatic N) is 3. The first-order valence-corrected chi connectivity index (χ1v) is 10.2. The molecule has 1 saturated heterocycles. The van der Waals surface area contributed by atoms with Gasteiger partial charge in [0.2, 0.25) is 5.91 Å². The first-order chi connectivity index (χ1) is 14.0. The molecular weight excluding hydrogens is 393 g/mol. The molecule has 2 amide bonds. The lowest BCUT2D eigenvalue weighted by molar-refractivity contribution is -0.132. The molecule has 1 fully saturated rings. The molecule has 1 aromatic carbocycles. The summed E-state index contributed by atoms with van der Waals surface area (Å²) < 4.78 is 19.1. The van der Waals surface area contributed by atoms with Crippen molar-refractivity contribution in [2.24, 2.45) is 0 Å². The van der Waals surface area contributed by atoms with E-state index in [-0.39, 0.29) is 24.1 Å². The van der Waals surface area contributed by atoms with Crippen LogP contribution in [0.4, 0.5) is 4.39 Å². The van der Waals surface area contributed by atoms with Gasteiger partial charge in [-0.15, -0.1) is 11.3 Å². The van der Waals surface area contributed by atoms with E-state index in [1.807, 2.05) is 11.4 Å². The molecule has 4 rings (SSSR count). The minimum absolute atomic E-state index is 0.0187. The van der Waals surface area contributed by atoms with Gasteiger partial charge >= 0.3 is 0 Å². The SMILES string of the molecule is Cc1ccc(C(=O)N2CCN(C(=O)Cc3csc(-c4ccco4)n3)CC2)cc1F. The summed E-state index contributed by atoms with van der Waals surface area (Å²) in [5, 5.41) is 2.61. The van der Waals surface area contributed by atoms with Crippen molar-refractivity contribution >= 4 is 23.2 Å². The Morgan fingerprint density at radius 1 is 1.17 bits per heavy atom. The van der Waals surface area contributed by atoms with Crippen molar-refractivity contribution in [3.63, 3.8) is 0 Å². The fourth-order valence-electron chi connectivity index (χ4n) is 3.24. The summed E-state index contributed by atoms with van der Waals surface area (Å²) in [7, 11) is 0. The summed E-state index contributed by atoms with van der Waals surface area (Å²) in [6, 6.07) is 8.15. The molecule has 0 atom stereocenters. The Balaban J connectivity index is 1.32. The summed E-state index contributed by atoms with van der Waals surface area (Å²) >= 11 is 1.44. The summed E-state index contributed by atoms with van der Waals surface area (Å²) in [4.78, 5) is 33.1. The average molecular weight is 413 g/mol.